The summed E-state index contributed by atoms with van der Waals surface area (Å²) in [7, 11) is 0. The van der Waals surface area contributed by atoms with Crippen molar-refractivity contribution in [1.29, 1.82) is 0 Å². The summed E-state index contributed by atoms with van der Waals surface area (Å²) in [6.45, 7) is 2.09. The van der Waals surface area contributed by atoms with E-state index in [1.807, 2.05) is 12.1 Å². The van der Waals surface area contributed by atoms with Gasteiger partial charge in [0.25, 0.3) is 0 Å². The number of piperidine rings is 1. The van der Waals surface area contributed by atoms with E-state index >= 15 is 0 Å². The number of amides is 1. The largest absolute Gasteiger partial charge is 0.355 e. The van der Waals surface area contributed by atoms with Crippen molar-refractivity contribution in [1.82, 2.24) is 15.3 Å². The smallest absolute Gasteiger partial charge is 0.225 e. The summed E-state index contributed by atoms with van der Waals surface area (Å²) in [6.07, 6.45) is 5.97. The summed E-state index contributed by atoms with van der Waals surface area (Å²) in [6, 6.07) is 7.22. The van der Waals surface area contributed by atoms with E-state index in [2.05, 4.69) is 20.2 Å². The SMILES string of the molecule is O=C(NCCc1ccc(Cl)cc1Cl)C1CCCN(c2ncccn2)C1. The number of hydrogen-bond acceptors (Lipinski definition) is 4. The van der Waals surface area contributed by atoms with E-state index < -0.39 is 0 Å². The lowest BCUT2D eigenvalue weighted by Gasteiger charge is -2.31. The third-order valence-corrected chi connectivity index (χ3v) is 4.92. The number of nitrogens with zero attached hydrogens (tertiary/aromatic N) is 3. The van der Waals surface area contributed by atoms with E-state index in [0.717, 1.165) is 24.9 Å². The molecule has 5 nitrogen and oxygen atoms in total. The quantitative estimate of drug-likeness (QED) is 0.866. The molecule has 0 saturated carbocycles. The number of rotatable bonds is 5. The highest BCUT2D eigenvalue weighted by Gasteiger charge is 2.26. The van der Waals surface area contributed by atoms with Crippen LogP contribution in [0.1, 0.15) is 18.4 Å². The Morgan fingerprint density at radius 3 is 2.84 bits per heavy atom. The van der Waals surface area contributed by atoms with Crippen LogP contribution in [0.15, 0.2) is 36.7 Å². The van der Waals surface area contributed by atoms with Crippen molar-refractivity contribution < 1.29 is 4.79 Å². The number of hydrogen-bond donors (Lipinski definition) is 1. The Bertz CT molecular complexity index is 726. The number of anilines is 1. The van der Waals surface area contributed by atoms with Crippen molar-refractivity contribution in [2.45, 2.75) is 19.3 Å². The van der Waals surface area contributed by atoms with Gasteiger partial charge in [0.1, 0.15) is 0 Å². The van der Waals surface area contributed by atoms with Crippen LogP contribution in [0.4, 0.5) is 5.95 Å². The van der Waals surface area contributed by atoms with E-state index in [-0.39, 0.29) is 11.8 Å². The van der Waals surface area contributed by atoms with E-state index in [1.54, 1.807) is 24.5 Å². The van der Waals surface area contributed by atoms with Crippen molar-refractivity contribution in [3.8, 4) is 0 Å². The molecule has 2 aromatic rings. The molecule has 0 aliphatic carbocycles. The van der Waals surface area contributed by atoms with Crippen LogP contribution in [0.5, 0.6) is 0 Å². The van der Waals surface area contributed by atoms with Crippen LogP contribution < -0.4 is 10.2 Å². The summed E-state index contributed by atoms with van der Waals surface area (Å²) in [5.41, 5.74) is 0.981. The molecule has 1 N–H and O–H groups in total. The second kappa shape index (κ2) is 8.50. The predicted molar refractivity (Wildman–Crippen MR) is 100 cm³/mol. The normalized spacial score (nSPS) is 17.4. The van der Waals surface area contributed by atoms with Crippen LogP contribution in [-0.4, -0.2) is 35.5 Å². The van der Waals surface area contributed by atoms with Crippen LogP contribution in [0.2, 0.25) is 10.0 Å². The molecule has 1 saturated heterocycles. The minimum absolute atomic E-state index is 0.0433. The first-order valence-electron chi connectivity index (χ1n) is 8.37. The number of aromatic nitrogens is 2. The molecule has 1 aromatic carbocycles. The summed E-state index contributed by atoms with van der Waals surface area (Å²) >= 11 is 12.1. The summed E-state index contributed by atoms with van der Waals surface area (Å²) in [4.78, 5) is 23.1. The Morgan fingerprint density at radius 2 is 2.08 bits per heavy atom. The van der Waals surface area contributed by atoms with Gasteiger partial charge >= 0.3 is 0 Å². The van der Waals surface area contributed by atoms with Gasteiger partial charge in [-0.1, -0.05) is 29.3 Å². The van der Waals surface area contributed by atoms with Gasteiger partial charge in [0.05, 0.1) is 5.92 Å². The molecule has 25 heavy (non-hydrogen) atoms. The zero-order valence-corrected chi connectivity index (χ0v) is 15.3. The molecule has 1 aliphatic heterocycles. The molecule has 1 unspecified atom stereocenters. The van der Waals surface area contributed by atoms with Gasteiger partial charge in [0.2, 0.25) is 11.9 Å². The Labute approximate surface area is 157 Å². The molecule has 1 aromatic heterocycles. The number of carbonyl (C=O) groups is 1. The lowest BCUT2D eigenvalue weighted by molar-refractivity contribution is -0.125. The van der Waals surface area contributed by atoms with E-state index in [4.69, 9.17) is 23.2 Å². The average molecular weight is 379 g/mol. The molecule has 0 radical (unpaired) electrons. The molecule has 7 heteroatoms. The molecular weight excluding hydrogens is 359 g/mol. The van der Waals surface area contributed by atoms with Crippen molar-refractivity contribution >= 4 is 35.1 Å². The van der Waals surface area contributed by atoms with Crippen molar-refractivity contribution in [2.24, 2.45) is 5.92 Å². The fourth-order valence-electron chi connectivity index (χ4n) is 3.02. The second-order valence-corrected chi connectivity index (χ2v) is 6.95. The first-order valence-corrected chi connectivity index (χ1v) is 9.12. The molecule has 1 amide bonds. The zero-order valence-electron chi connectivity index (χ0n) is 13.8. The van der Waals surface area contributed by atoms with Gasteiger partial charge < -0.3 is 10.2 Å². The molecule has 1 atom stereocenters. The lowest BCUT2D eigenvalue weighted by atomic mass is 9.97. The first kappa shape index (κ1) is 18.0. The van der Waals surface area contributed by atoms with Gasteiger partial charge in [0, 0.05) is 42.1 Å². The van der Waals surface area contributed by atoms with Crippen molar-refractivity contribution in [2.75, 3.05) is 24.5 Å². The number of carbonyl (C=O) groups excluding carboxylic acids is 1. The van der Waals surface area contributed by atoms with E-state index in [0.29, 0.717) is 35.5 Å². The van der Waals surface area contributed by atoms with Crippen molar-refractivity contribution in [3.63, 3.8) is 0 Å². The Hall–Kier alpha value is -1.85. The van der Waals surface area contributed by atoms with Crippen LogP contribution in [0.25, 0.3) is 0 Å². The lowest BCUT2D eigenvalue weighted by Crippen LogP contribution is -2.44. The highest BCUT2D eigenvalue weighted by atomic mass is 35.5. The van der Waals surface area contributed by atoms with Crippen LogP contribution in [-0.2, 0) is 11.2 Å². The van der Waals surface area contributed by atoms with E-state index in [1.165, 1.54) is 0 Å². The maximum absolute atomic E-state index is 12.5. The topological polar surface area (TPSA) is 58.1 Å². The Balaban J connectivity index is 1.51. The van der Waals surface area contributed by atoms with Gasteiger partial charge in [-0.15, -0.1) is 0 Å². The van der Waals surface area contributed by atoms with Gasteiger partial charge in [0.15, 0.2) is 0 Å². The minimum Gasteiger partial charge on any atom is -0.355 e. The number of benzene rings is 1. The number of halogens is 2. The monoisotopic (exact) mass is 378 g/mol. The number of nitrogens with one attached hydrogen (secondary N) is 1. The molecule has 0 spiro atoms. The summed E-state index contributed by atoms with van der Waals surface area (Å²) < 4.78 is 0. The zero-order chi connectivity index (χ0) is 17.6. The molecule has 0 bridgehead atoms. The van der Waals surface area contributed by atoms with Crippen LogP contribution in [0, 0.1) is 5.92 Å². The predicted octanol–water partition coefficient (Wildman–Crippen LogP) is 3.36. The molecule has 1 fully saturated rings. The maximum Gasteiger partial charge on any atom is 0.225 e. The standard InChI is InChI=1S/C18H20Cl2N4O/c19-15-5-4-13(16(20)11-15)6-9-21-17(25)14-3-1-10-24(12-14)18-22-7-2-8-23-18/h2,4-5,7-8,11,14H,1,3,6,9-10,12H2,(H,21,25). The molecule has 1 aliphatic rings. The Morgan fingerprint density at radius 1 is 1.28 bits per heavy atom. The minimum atomic E-state index is -0.0433. The highest BCUT2D eigenvalue weighted by molar-refractivity contribution is 6.35. The molecular formula is C18H20Cl2N4O. The van der Waals surface area contributed by atoms with Crippen LogP contribution in [0.3, 0.4) is 0 Å². The third kappa shape index (κ3) is 4.83. The van der Waals surface area contributed by atoms with Crippen molar-refractivity contribution in [3.05, 3.63) is 52.3 Å². The molecule has 132 valence electrons. The van der Waals surface area contributed by atoms with Gasteiger partial charge in [-0.05, 0) is 43.0 Å². The van der Waals surface area contributed by atoms with Gasteiger partial charge in [-0.3, -0.25) is 4.79 Å². The second-order valence-electron chi connectivity index (χ2n) is 6.11. The fourth-order valence-corrected chi connectivity index (χ4v) is 3.52. The van der Waals surface area contributed by atoms with E-state index in [9.17, 15) is 4.79 Å². The van der Waals surface area contributed by atoms with Crippen LogP contribution >= 0.6 is 23.2 Å². The maximum atomic E-state index is 12.5. The summed E-state index contributed by atoms with van der Waals surface area (Å²) in [5, 5.41) is 4.26. The molecule has 3 rings (SSSR count). The van der Waals surface area contributed by atoms with Gasteiger partial charge in [-0.2, -0.15) is 0 Å². The first-order chi connectivity index (χ1) is 12.1. The third-order valence-electron chi connectivity index (χ3n) is 4.34. The average Bonchev–Trinajstić information content (AvgIpc) is 2.64. The summed E-state index contributed by atoms with van der Waals surface area (Å²) in [5.74, 6) is 0.719. The highest BCUT2D eigenvalue weighted by Crippen LogP contribution is 2.22. The Kier molecular flexibility index (Phi) is 6.10. The fraction of sp³-hybridized carbons (Fsp3) is 0.389. The molecule has 2 heterocycles. The van der Waals surface area contributed by atoms with Gasteiger partial charge in [-0.25, -0.2) is 9.97 Å².